The second kappa shape index (κ2) is 6.89. The van der Waals surface area contributed by atoms with Crippen LogP contribution in [0.15, 0.2) is 66.9 Å². The molecule has 0 amide bonds. The van der Waals surface area contributed by atoms with E-state index in [0.717, 1.165) is 48.2 Å². The maximum absolute atomic E-state index is 6.55. The van der Waals surface area contributed by atoms with Crippen molar-refractivity contribution in [1.29, 1.82) is 0 Å². The number of rotatable bonds is 3. The molecule has 2 aliphatic carbocycles. The summed E-state index contributed by atoms with van der Waals surface area (Å²) in [5, 5.41) is 4.50. The third kappa shape index (κ3) is 2.94. The molecule has 1 fully saturated rings. The van der Waals surface area contributed by atoms with Crippen LogP contribution in [0.4, 0.5) is 0 Å². The Morgan fingerprint density at radius 2 is 1.68 bits per heavy atom. The Bertz CT molecular complexity index is 1260. The van der Waals surface area contributed by atoms with Crippen LogP contribution in [-0.2, 0) is 25.4 Å². The van der Waals surface area contributed by atoms with Gasteiger partial charge in [0.1, 0.15) is 0 Å². The smallest absolute Gasteiger partial charge is 0.0784 e. The van der Waals surface area contributed by atoms with E-state index >= 15 is 0 Å². The normalized spacial score (nSPS) is 16.3. The maximum Gasteiger partial charge on any atom is 0.0784 e. The van der Waals surface area contributed by atoms with Gasteiger partial charge in [0, 0.05) is 29.3 Å². The second-order valence-electron chi connectivity index (χ2n) is 8.97. The van der Waals surface area contributed by atoms with E-state index in [4.69, 9.17) is 10.7 Å². The Morgan fingerprint density at radius 3 is 2.39 bits per heavy atom. The highest BCUT2D eigenvalue weighted by molar-refractivity contribution is 5.86. The molecule has 4 nitrogen and oxygen atoms in total. The highest BCUT2D eigenvalue weighted by Gasteiger charge is 2.34. The van der Waals surface area contributed by atoms with Gasteiger partial charge in [-0.25, -0.2) is 0 Å². The number of aryl methyl sites for hydroxylation is 3. The third-order valence-corrected chi connectivity index (χ3v) is 7.07. The Hall–Kier alpha value is -3.24. The largest absolute Gasteiger partial charge is 0.321 e. The lowest BCUT2D eigenvalue weighted by atomic mass is 9.72. The molecule has 2 aliphatic rings. The molecule has 2 heterocycles. The topological polar surface area (TPSA) is 56.7 Å². The van der Waals surface area contributed by atoms with Crippen molar-refractivity contribution >= 4 is 0 Å². The Balaban J connectivity index is 1.53. The van der Waals surface area contributed by atoms with Crippen LogP contribution in [-0.4, -0.2) is 14.8 Å². The third-order valence-electron chi connectivity index (χ3n) is 7.07. The van der Waals surface area contributed by atoms with Crippen molar-refractivity contribution in [1.82, 2.24) is 14.8 Å². The van der Waals surface area contributed by atoms with E-state index in [1.54, 1.807) is 0 Å². The molecule has 31 heavy (non-hydrogen) atoms. The van der Waals surface area contributed by atoms with Crippen molar-refractivity contribution in [2.75, 3.05) is 0 Å². The van der Waals surface area contributed by atoms with Crippen molar-refractivity contribution in [3.63, 3.8) is 0 Å². The Labute approximate surface area is 182 Å². The van der Waals surface area contributed by atoms with Crippen LogP contribution in [0.25, 0.3) is 33.6 Å². The van der Waals surface area contributed by atoms with Gasteiger partial charge in [-0.3, -0.25) is 9.67 Å². The van der Waals surface area contributed by atoms with Gasteiger partial charge in [0.25, 0.3) is 0 Å². The van der Waals surface area contributed by atoms with Crippen molar-refractivity contribution in [2.45, 2.75) is 37.6 Å². The van der Waals surface area contributed by atoms with E-state index in [1.165, 1.54) is 34.4 Å². The lowest BCUT2D eigenvalue weighted by molar-refractivity contribution is 0.253. The summed E-state index contributed by atoms with van der Waals surface area (Å²) in [6, 6.07) is 21.7. The molecule has 0 radical (unpaired) electrons. The van der Waals surface area contributed by atoms with Crippen molar-refractivity contribution < 1.29 is 0 Å². The number of aromatic nitrogens is 3. The van der Waals surface area contributed by atoms with Gasteiger partial charge < -0.3 is 5.73 Å². The van der Waals surface area contributed by atoms with Gasteiger partial charge >= 0.3 is 0 Å². The predicted octanol–water partition coefficient (Wildman–Crippen LogP) is 5.25. The molecular formula is C27H26N4. The number of fused-ring (bicyclic) bond motifs is 3. The molecule has 2 N–H and O–H groups in total. The van der Waals surface area contributed by atoms with Gasteiger partial charge in [-0.05, 0) is 54.9 Å². The molecule has 154 valence electrons. The Morgan fingerprint density at radius 1 is 0.903 bits per heavy atom. The summed E-state index contributed by atoms with van der Waals surface area (Å²) in [4.78, 5) is 5.23. The number of hydrogen-bond donors (Lipinski definition) is 1. The molecule has 0 aliphatic heterocycles. The number of pyridine rings is 1. The van der Waals surface area contributed by atoms with Crippen LogP contribution in [0, 0.1) is 0 Å². The first-order chi connectivity index (χ1) is 15.1. The molecule has 2 aromatic carbocycles. The van der Waals surface area contributed by atoms with E-state index in [1.807, 2.05) is 17.9 Å². The summed E-state index contributed by atoms with van der Waals surface area (Å²) in [7, 11) is 2.02. The summed E-state index contributed by atoms with van der Waals surface area (Å²) in [5.41, 5.74) is 17.0. The maximum atomic E-state index is 6.55. The van der Waals surface area contributed by atoms with Crippen LogP contribution in [0.3, 0.4) is 0 Å². The monoisotopic (exact) mass is 406 g/mol. The zero-order valence-electron chi connectivity index (χ0n) is 17.8. The van der Waals surface area contributed by atoms with Gasteiger partial charge in [-0.15, -0.1) is 0 Å². The summed E-state index contributed by atoms with van der Waals surface area (Å²) in [6.07, 6.45) is 7.30. The highest BCUT2D eigenvalue weighted by atomic mass is 15.3. The predicted molar refractivity (Wildman–Crippen MR) is 124 cm³/mol. The zero-order chi connectivity index (χ0) is 21.0. The first-order valence-electron chi connectivity index (χ1n) is 11.1. The number of benzene rings is 2. The number of nitrogens with two attached hydrogens (primary N) is 1. The first-order valence-corrected chi connectivity index (χ1v) is 11.1. The molecule has 1 saturated carbocycles. The molecule has 4 aromatic rings. The fourth-order valence-corrected chi connectivity index (χ4v) is 5.08. The SMILES string of the molecule is Cn1ncc2c1-c1cc(-c3ccccc3)c(-c3ccc(C4(N)CCC4)cc3)nc1CC2. The fourth-order valence-electron chi connectivity index (χ4n) is 5.08. The lowest BCUT2D eigenvalue weighted by Crippen LogP contribution is -2.43. The van der Waals surface area contributed by atoms with Crippen LogP contribution < -0.4 is 5.73 Å². The average Bonchev–Trinajstić information content (AvgIpc) is 3.18. The Kier molecular flexibility index (Phi) is 4.12. The average molecular weight is 407 g/mol. The zero-order valence-corrected chi connectivity index (χ0v) is 17.8. The van der Waals surface area contributed by atoms with Crippen molar-refractivity contribution in [2.24, 2.45) is 12.8 Å². The molecule has 0 atom stereocenters. The lowest BCUT2D eigenvalue weighted by Gasteiger charge is -2.38. The molecule has 0 spiro atoms. The number of nitrogens with zero attached hydrogens (tertiary/aromatic N) is 3. The molecule has 0 unspecified atom stereocenters. The van der Waals surface area contributed by atoms with Crippen molar-refractivity contribution in [3.05, 3.63) is 83.7 Å². The van der Waals surface area contributed by atoms with Crippen LogP contribution in [0.1, 0.15) is 36.1 Å². The van der Waals surface area contributed by atoms with E-state index in [0.29, 0.717) is 0 Å². The second-order valence-corrected chi connectivity index (χ2v) is 8.97. The fraction of sp³-hybridized carbons (Fsp3) is 0.259. The molecule has 4 heteroatoms. The van der Waals surface area contributed by atoms with Gasteiger partial charge in [0.15, 0.2) is 0 Å². The van der Waals surface area contributed by atoms with E-state index < -0.39 is 0 Å². The minimum Gasteiger partial charge on any atom is -0.321 e. The van der Waals surface area contributed by atoms with Crippen LogP contribution in [0.5, 0.6) is 0 Å². The van der Waals surface area contributed by atoms with Gasteiger partial charge in [0.2, 0.25) is 0 Å². The van der Waals surface area contributed by atoms with Crippen molar-refractivity contribution in [3.8, 4) is 33.6 Å². The van der Waals surface area contributed by atoms with Crippen LogP contribution in [0.2, 0.25) is 0 Å². The standard InChI is InChI=1S/C27H26N4/c1-31-26-20(17-29-31)10-13-24-23(26)16-22(18-6-3-2-4-7-18)25(30-24)19-8-11-21(12-9-19)27(28)14-5-15-27/h2-4,6-9,11-12,16-17H,5,10,13-15,28H2,1H3. The summed E-state index contributed by atoms with van der Waals surface area (Å²) in [5.74, 6) is 0. The van der Waals surface area contributed by atoms with E-state index in [-0.39, 0.29) is 5.54 Å². The highest BCUT2D eigenvalue weighted by Crippen LogP contribution is 2.41. The van der Waals surface area contributed by atoms with E-state index in [9.17, 15) is 0 Å². The molecule has 6 rings (SSSR count). The van der Waals surface area contributed by atoms with E-state index in [2.05, 4.69) is 65.8 Å². The first kappa shape index (κ1) is 18.5. The molecule has 0 bridgehead atoms. The van der Waals surface area contributed by atoms with Crippen LogP contribution >= 0.6 is 0 Å². The minimum absolute atomic E-state index is 0.139. The van der Waals surface area contributed by atoms with Gasteiger partial charge in [-0.1, -0.05) is 54.6 Å². The molecule has 0 saturated heterocycles. The summed E-state index contributed by atoms with van der Waals surface area (Å²) >= 11 is 0. The van der Waals surface area contributed by atoms with Gasteiger partial charge in [-0.2, -0.15) is 5.10 Å². The molecular weight excluding hydrogens is 380 g/mol. The van der Waals surface area contributed by atoms with Gasteiger partial charge in [0.05, 0.1) is 23.3 Å². The minimum atomic E-state index is -0.139. The molecule has 2 aromatic heterocycles. The summed E-state index contributed by atoms with van der Waals surface area (Å²) < 4.78 is 1.98. The number of hydrogen-bond acceptors (Lipinski definition) is 3. The quantitative estimate of drug-likeness (QED) is 0.505. The summed E-state index contributed by atoms with van der Waals surface area (Å²) in [6.45, 7) is 0.